The number of aromatic nitrogens is 3. The molecule has 0 aliphatic heterocycles. The van der Waals surface area contributed by atoms with Crippen LogP contribution in [-0.4, -0.2) is 27.1 Å². The summed E-state index contributed by atoms with van der Waals surface area (Å²) in [7, 11) is 0. The average molecular weight is 282 g/mol. The van der Waals surface area contributed by atoms with Gasteiger partial charge in [0.15, 0.2) is 5.65 Å². The third kappa shape index (κ3) is 2.78. The number of carbonyl (C=O) groups is 1. The molecule has 0 radical (unpaired) electrons. The second-order valence-electron chi connectivity index (χ2n) is 4.33. The number of halogens is 1. The molecule has 2 heterocycles. The molecule has 0 fully saturated rings. The minimum Gasteiger partial charge on any atom is -0.352 e. The molecule has 0 aliphatic carbocycles. The van der Waals surface area contributed by atoms with Crippen LogP contribution in [0.4, 0.5) is 4.79 Å². The maximum Gasteiger partial charge on any atom is 0.312 e. The van der Waals surface area contributed by atoms with Crippen LogP contribution in [-0.2, 0) is 6.54 Å². The molecule has 2 aromatic heterocycles. The number of primary amides is 1. The van der Waals surface area contributed by atoms with Gasteiger partial charge < -0.3 is 15.6 Å². The Morgan fingerprint density at radius 1 is 1.63 bits per heavy atom. The van der Waals surface area contributed by atoms with E-state index in [9.17, 15) is 4.79 Å². The number of pyridine rings is 1. The van der Waals surface area contributed by atoms with Crippen LogP contribution in [0, 0.1) is 6.92 Å². The van der Waals surface area contributed by atoms with Gasteiger partial charge in [-0.05, 0) is 25.5 Å². The molecule has 3 N–H and O–H groups in total. The van der Waals surface area contributed by atoms with Gasteiger partial charge in [-0.25, -0.2) is 14.8 Å². The zero-order valence-corrected chi connectivity index (χ0v) is 11.6. The first kappa shape index (κ1) is 13.6. The molecule has 0 saturated heterocycles. The molecule has 102 valence electrons. The topological polar surface area (TPSA) is 85.8 Å². The number of nitrogens with one attached hydrogen (secondary N) is 1. The Labute approximate surface area is 116 Å². The van der Waals surface area contributed by atoms with Gasteiger partial charge >= 0.3 is 6.03 Å². The summed E-state index contributed by atoms with van der Waals surface area (Å²) < 4.78 is 1.91. The van der Waals surface area contributed by atoms with Crippen molar-refractivity contribution in [1.82, 2.24) is 19.9 Å². The van der Waals surface area contributed by atoms with Gasteiger partial charge in [0.2, 0.25) is 0 Å². The van der Waals surface area contributed by atoms with E-state index in [1.165, 1.54) is 0 Å². The molecule has 0 bridgehead atoms. The highest BCUT2D eigenvalue weighted by atomic mass is 35.5. The molecule has 19 heavy (non-hydrogen) atoms. The van der Waals surface area contributed by atoms with Crippen LogP contribution in [0.25, 0.3) is 11.2 Å². The molecule has 0 aromatic carbocycles. The van der Waals surface area contributed by atoms with Gasteiger partial charge in [-0.1, -0.05) is 0 Å². The van der Waals surface area contributed by atoms with Crippen LogP contribution in [0.15, 0.2) is 12.3 Å². The fourth-order valence-corrected chi connectivity index (χ4v) is 2.14. The number of aryl methyl sites for hydroxylation is 1. The summed E-state index contributed by atoms with van der Waals surface area (Å²) in [5, 5.41) is 2.31. The quantitative estimate of drug-likeness (QED) is 0.837. The first-order valence-corrected chi connectivity index (χ1v) is 6.43. The summed E-state index contributed by atoms with van der Waals surface area (Å²) in [6, 6.07) is 1.36. The first-order valence-electron chi connectivity index (χ1n) is 6.00. The molecule has 0 aliphatic rings. The highest BCUT2D eigenvalue weighted by Gasteiger charge is 2.16. The lowest BCUT2D eigenvalue weighted by atomic mass is 10.3. The number of carbonyl (C=O) groups excluding carboxylic acids is 1. The fourth-order valence-electron chi connectivity index (χ4n) is 1.97. The normalized spacial score (nSPS) is 12.6. The molecule has 0 saturated carbocycles. The van der Waals surface area contributed by atoms with E-state index in [1.807, 2.05) is 24.5 Å². The van der Waals surface area contributed by atoms with Crippen molar-refractivity contribution in [3.8, 4) is 0 Å². The molecule has 6 nitrogen and oxygen atoms in total. The van der Waals surface area contributed by atoms with Crippen molar-refractivity contribution in [3.63, 3.8) is 0 Å². The summed E-state index contributed by atoms with van der Waals surface area (Å²) >= 11 is 6.15. The van der Waals surface area contributed by atoms with Gasteiger partial charge in [0.1, 0.15) is 11.3 Å². The van der Waals surface area contributed by atoms with Crippen molar-refractivity contribution in [3.05, 3.63) is 23.7 Å². The molecule has 7 heteroatoms. The second kappa shape index (κ2) is 5.44. The van der Waals surface area contributed by atoms with Gasteiger partial charge in [-0.2, -0.15) is 0 Å². The van der Waals surface area contributed by atoms with Gasteiger partial charge in [0.05, 0.1) is 5.38 Å². The van der Waals surface area contributed by atoms with E-state index in [-0.39, 0.29) is 5.38 Å². The minimum atomic E-state index is -0.547. The van der Waals surface area contributed by atoms with E-state index in [0.29, 0.717) is 13.1 Å². The Hall–Kier alpha value is -1.82. The van der Waals surface area contributed by atoms with Crippen LogP contribution in [0.2, 0.25) is 0 Å². The molecular weight excluding hydrogens is 266 g/mol. The molecule has 2 rings (SSSR count). The third-order valence-electron chi connectivity index (χ3n) is 2.86. The van der Waals surface area contributed by atoms with Gasteiger partial charge in [-0.3, -0.25) is 0 Å². The van der Waals surface area contributed by atoms with Gasteiger partial charge in [-0.15, -0.1) is 11.6 Å². The predicted molar refractivity (Wildman–Crippen MR) is 74.1 cm³/mol. The van der Waals surface area contributed by atoms with Crippen molar-refractivity contribution < 1.29 is 4.79 Å². The van der Waals surface area contributed by atoms with Crippen LogP contribution in [0.5, 0.6) is 0 Å². The summed E-state index contributed by atoms with van der Waals surface area (Å²) in [5.74, 6) is 0.740. The fraction of sp³-hybridized carbons (Fsp3) is 0.417. The smallest absolute Gasteiger partial charge is 0.312 e. The number of alkyl halides is 1. The zero-order valence-electron chi connectivity index (χ0n) is 10.9. The second-order valence-corrected chi connectivity index (χ2v) is 4.98. The summed E-state index contributed by atoms with van der Waals surface area (Å²) in [4.78, 5) is 19.6. The van der Waals surface area contributed by atoms with Crippen LogP contribution >= 0.6 is 11.6 Å². The Morgan fingerprint density at radius 3 is 3.00 bits per heavy atom. The van der Waals surface area contributed by atoms with E-state index < -0.39 is 6.03 Å². The molecule has 2 aromatic rings. The van der Waals surface area contributed by atoms with E-state index in [2.05, 4.69) is 15.3 Å². The Morgan fingerprint density at radius 2 is 2.37 bits per heavy atom. The highest BCUT2D eigenvalue weighted by molar-refractivity contribution is 6.20. The van der Waals surface area contributed by atoms with Crippen LogP contribution < -0.4 is 11.1 Å². The number of urea groups is 1. The number of fused-ring (bicyclic) bond motifs is 1. The minimum absolute atomic E-state index is 0.234. The highest BCUT2D eigenvalue weighted by Crippen LogP contribution is 2.24. The van der Waals surface area contributed by atoms with E-state index in [4.69, 9.17) is 17.3 Å². The van der Waals surface area contributed by atoms with Crippen molar-refractivity contribution in [1.29, 1.82) is 0 Å². The lowest BCUT2D eigenvalue weighted by Crippen LogP contribution is -2.32. The number of hydrogen-bond acceptors (Lipinski definition) is 3. The molecule has 0 spiro atoms. The monoisotopic (exact) mass is 281 g/mol. The number of rotatable bonds is 4. The lowest BCUT2D eigenvalue weighted by Gasteiger charge is -2.09. The standard InChI is InChI=1S/C12H16ClN5O/c1-7-3-4-15-11-9(7)17-10(8(2)13)18(11)6-5-16-12(14)19/h3-4,8H,5-6H2,1-2H3,(H3,14,16,19). The van der Waals surface area contributed by atoms with E-state index in [1.54, 1.807) is 6.20 Å². The molecule has 1 unspecified atom stereocenters. The number of nitrogens with zero attached hydrogens (tertiary/aromatic N) is 3. The third-order valence-corrected chi connectivity index (χ3v) is 3.05. The maximum atomic E-state index is 10.7. The van der Waals surface area contributed by atoms with E-state index >= 15 is 0 Å². The SMILES string of the molecule is Cc1ccnc2c1nc(C(C)Cl)n2CCNC(N)=O. The molecule has 2 amide bonds. The molecule has 1 atom stereocenters. The van der Waals surface area contributed by atoms with Crippen molar-refractivity contribution in [2.45, 2.75) is 25.8 Å². The Kier molecular flexibility index (Phi) is 3.90. The van der Waals surface area contributed by atoms with Gasteiger partial charge in [0.25, 0.3) is 0 Å². The van der Waals surface area contributed by atoms with Crippen LogP contribution in [0.3, 0.4) is 0 Å². The predicted octanol–water partition coefficient (Wildman–Crippen LogP) is 1.71. The molecular formula is C12H16ClN5O. The number of hydrogen-bond donors (Lipinski definition) is 2. The van der Waals surface area contributed by atoms with Crippen LogP contribution in [0.1, 0.15) is 23.7 Å². The summed E-state index contributed by atoms with van der Waals surface area (Å²) in [6.45, 7) is 4.77. The Bertz CT molecular complexity index is 607. The number of amides is 2. The number of nitrogens with two attached hydrogens (primary N) is 1. The summed E-state index contributed by atoms with van der Waals surface area (Å²) in [6.07, 6.45) is 1.74. The maximum absolute atomic E-state index is 10.7. The van der Waals surface area contributed by atoms with E-state index in [0.717, 1.165) is 22.6 Å². The zero-order chi connectivity index (χ0) is 14.0. The average Bonchev–Trinajstić information content (AvgIpc) is 2.70. The van der Waals surface area contributed by atoms with Crippen molar-refractivity contribution >= 4 is 28.8 Å². The largest absolute Gasteiger partial charge is 0.352 e. The number of imidazole rings is 1. The van der Waals surface area contributed by atoms with Crippen molar-refractivity contribution in [2.75, 3.05) is 6.54 Å². The Balaban J connectivity index is 2.41. The van der Waals surface area contributed by atoms with Gasteiger partial charge in [0, 0.05) is 19.3 Å². The summed E-state index contributed by atoms with van der Waals surface area (Å²) in [5.41, 5.74) is 7.71. The lowest BCUT2D eigenvalue weighted by molar-refractivity contribution is 0.248. The van der Waals surface area contributed by atoms with Crippen molar-refractivity contribution in [2.24, 2.45) is 5.73 Å². The first-order chi connectivity index (χ1) is 9.00.